The van der Waals surface area contributed by atoms with Gasteiger partial charge in [0.25, 0.3) is 0 Å². The summed E-state index contributed by atoms with van der Waals surface area (Å²) in [6.07, 6.45) is 0. The van der Waals surface area contributed by atoms with Gasteiger partial charge in [0.1, 0.15) is 13.3 Å². The second kappa shape index (κ2) is 2.87. The highest BCUT2D eigenvalue weighted by Gasteiger charge is 2.26. The number of carbonyl (C=O) groups is 2. The number of carbonyl (C=O) groups excluding carboxylic acids is 2. The van der Waals surface area contributed by atoms with E-state index >= 15 is 0 Å². The zero-order valence-electron chi connectivity index (χ0n) is 6.28. The smallest absolute Gasteiger partial charge is 0.244 e. The molecule has 2 amide bonds. The summed E-state index contributed by atoms with van der Waals surface area (Å²) in [4.78, 5) is 24.3. The Morgan fingerprint density at radius 3 is 2.55 bits per heavy atom. The van der Waals surface area contributed by atoms with Gasteiger partial charge in [0, 0.05) is 7.05 Å². The minimum Gasteiger partial charge on any atom is -0.376 e. The van der Waals surface area contributed by atoms with Crippen molar-refractivity contribution < 1.29 is 14.7 Å². The third-order valence-electron chi connectivity index (χ3n) is 1.65. The van der Waals surface area contributed by atoms with Gasteiger partial charge in [-0.1, -0.05) is 0 Å². The Morgan fingerprint density at radius 2 is 2.00 bits per heavy atom. The fraction of sp³-hybridized carbons (Fsp3) is 0.667. The molecule has 5 heteroatoms. The van der Waals surface area contributed by atoms with E-state index in [4.69, 9.17) is 5.11 Å². The van der Waals surface area contributed by atoms with E-state index in [0.29, 0.717) is 0 Å². The molecule has 62 valence electrons. The Labute approximate surface area is 64.2 Å². The predicted octanol–water partition coefficient (Wildman–Crippen LogP) is -1.76. The molecule has 1 aliphatic rings. The van der Waals surface area contributed by atoms with Gasteiger partial charge in [-0.3, -0.25) is 9.59 Å². The van der Waals surface area contributed by atoms with Gasteiger partial charge < -0.3 is 14.9 Å². The molecule has 1 aliphatic heterocycles. The molecule has 11 heavy (non-hydrogen) atoms. The van der Waals surface area contributed by atoms with Gasteiger partial charge >= 0.3 is 0 Å². The third-order valence-corrected chi connectivity index (χ3v) is 1.65. The lowest BCUT2D eigenvalue weighted by Crippen LogP contribution is -2.52. The quantitative estimate of drug-likeness (QED) is 0.491. The summed E-state index contributed by atoms with van der Waals surface area (Å²) in [6, 6.07) is 0. The lowest BCUT2D eigenvalue weighted by atomic mass is 10.3. The van der Waals surface area contributed by atoms with Crippen LogP contribution in [0.25, 0.3) is 0 Å². The van der Waals surface area contributed by atoms with Crippen molar-refractivity contribution in [1.29, 1.82) is 0 Å². The molecule has 0 atom stereocenters. The van der Waals surface area contributed by atoms with Crippen LogP contribution >= 0.6 is 0 Å². The molecule has 1 fully saturated rings. The fourth-order valence-corrected chi connectivity index (χ4v) is 0.892. The Balaban J connectivity index is 2.62. The van der Waals surface area contributed by atoms with Gasteiger partial charge in [0.15, 0.2) is 0 Å². The zero-order valence-corrected chi connectivity index (χ0v) is 6.28. The number of nitrogens with zero attached hydrogens (tertiary/aromatic N) is 2. The first kappa shape index (κ1) is 8.00. The van der Waals surface area contributed by atoms with E-state index < -0.39 is 0 Å². The zero-order chi connectivity index (χ0) is 8.43. The molecule has 1 N–H and O–H groups in total. The predicted molar refractivity (Wildman–Crippen MR) is 36.4 cm³/mol. The number of aliphatic hydroxyl groups is 1. The lowest BCUT2D eigenvalue weighted by Gasteiger charge is -2.29. The maximum atomic E-state index is 11.0. The first-order valence-electron chi connectivity index (χ1n) is 3.27. The molecule has 1 heterocycles. The van der Waals surface area contributed by atoms with Crippen LogP contribution in [0.3, 0.4) is 0 Å². The molecule has 1 saturated heterocycles. The summed E-state index contributed by atoms with van der Waals surface area (Å²) in [5.41, 5.74) is 0. The fourth-order valence-electron chi connectivity index (χ4n) is 0.892. The first-order chi connectivity index (χ1) is 5.15. The van der Waals surface area contributed by atoms with Crippen LogP contribution in [-0.4, -0.2) is 53.6 Å². The van der Waals surface area contributed by atoms with Crippen molar-refractivity contribution in [3.05, 3.63) is 0 Å². The molecule has 0 radical (unpaired) electrons. The molecule has 0 unspecified atom stereocenters. The molecule has 0 bridgehead atoms. The lowest BCUT2D eigenvalue weighted by molar-refractivity contribution is -0.152. The number of hydrogen-bond acceptors (Lipinski definition) is 3. The highest BCUT2D eigenvalue weighted by molar-refractivity contribution is 5.92. The van der Waals surface area contributed by atoms with Crippen molar-refractivity contribution in [2.24, 2.45) is 0 Å². The average Bonchev–Trinajstić information content (AvgIpc) is 1.97. The largest absolute Gasteiger partial charge is 0.376 e. The van der Waals surface area contributed by atoms with Crippen LogP contribution < -0.4 is 0 Å². The van der Waals surface area contributed by atoms with E-state index in [1.54, 1.807) is 7.05 Å². The van der Waals surface area contributed by atoms with E-state index in [1.165, 1.54) is 4.90 Å². The molecule has 0 aromatic carbocycles. The first-order valence-corrected chi connectivity index (χ1v) is 3.27. The summed E-state index contributed by atoms with van der Waals surface area (Å²) in [7, 11) is 1.56. The van der Waals surface area contributed by atoms with Crippen molar-refractivity contribution in [1.82, 2.24) is 9.80 Å². The Bertz CT molecular complexity index is 192. The van der Waals surface area contributed by atoms with E-state index in [1.807, 2.05) is 0 Å². The standard InChI is InChI=1S/C6H10N2O3/c1-7-2-6(11)8(4-9)3-5(7)10/h9H,2-4H2,1H3. The minimum absolute atomic E-state index is 0.00810. The molecule has 0 aromatic rings. The minimum atomic E-state index is -0.377. The third kappa shape index (κ3) is 1.48. The van der Waals surface area contributed by atoms with E-state index in [0.717, 1.165) is 4.90 Å². The molecule has 0 aromatic heterocycles. The van der Waals surface area contributed by atoms with Gasteiger partial charge in [0.2, 0.25) is 11.8 Å². The van der Waals surface area contributed by atoms with Crippen LogP contribution in [0.2, 0.25) is 0 Å². The maximum absolute atomic E-state index is 11.0. The van der Waals surface area contributed by atoms with Crippen LogP contribution in [0.4, 0.5) is 0 Å². The van der Waals surface area contributed by atoms with Crippen molar-refractivity contribution in [3.63, 3.8) is 0 Å². The topological polar surface area (TPSA) is 60.9 Å². The van der Waals surface area contributed by atoms with Crippen molar-refractivity contribution in [3.8, 4) is 0 Å². The van der Waals surface area contributed by atoms with Gasteiger partial charge in [-0.15, -0.1) is 0 Å². The van der Waals surface area contributed by atoms with Gasteiger partial charge in [-0.05, 0) is 0 Å². The Morgan fingerprint density at radius 1 is 1.36 bits per heavy atom. The summed E-state index contributed by atoms with van der Waals surface area (Å²) in [5, 5.41) is 8.60. The van der Waals surface area contributed by atoms with Crippen LogP contribution in [0.15, 0.2) is 0 Å². The number of rotatable bonds is 1. The normalized spacial score (nSPS) is 19.5. The number of amides is 2. The van der Waals surface area contributed by atoms with Crippen LogP contribution in [0, 0.1) is 0 Å². The Kier molecular flexibility index (Phi) is 2.09. The van der Waals surface area contributed by atoms with Crippen LogP contribution in [0.1, 0.15) is 0 Å². The molecule has 5 nitrogen and oxygen atoms in total. The summed E-state index contributed by atoms with van der Waals surface area (Å²) in [6.45, 7) is -0.316. The average molecular weight is 158 g/mol. The summed E-state index contributed by atoms with van der Waals surface area (Å²) < 4.78 is 0. The molecular formula is C6H10N2O3. The number of aliphatic hydroxyl groups excluding tert-OH is 1. The highest BCUT2D eigenvalue weighted by atomic mass is 16.3. The van der Waals surface area contributed by atoms with E-state index in [-0.39, 0.29) is 31.6 Å². The molecular weight excluding hydrogens is 148 g/mol. The number of hydrogen-bond donors (Lipinski definition) is 1. The molecule has 0 spiro atoms. The second-order valence-electron chi connectivity index (χ2n) is 2.48. The van der Waals surface area contributed by atoms with E-state index in [9.17, 15) is 9.59 Å². The number of piperazine rings is 1. The monoisotopic (exact) mass is 158 g/mol. The molecule has 1 rings (SSSR count). The molecule has 0 saturated carbocycles. The van der Waals surface area contributed by atoms with Gasteiger partial charge in [-0.25, -0.2) is 0 Å². The molecule has 0 aliphatic carbocycles. The van der Waals surface area contributed by atoms with Crippen molar-refractivity contribution in [2.45, 2.75) is 0 Å². The van der Waals surface area contributed by atoms with E-state index in [2.05, 4.69) is 0 Å². The highest BCUT2D eigenvalue weighted by Crippen LogP contribution is 2.00. The summed E-state index contributed by atoms with van der Waals surface area (Å²) in [5.74, 6) is -0.353. The van der Waals surface area contributed by atoms with Crippen molar-refractivity contribution >= 4 is 11.8 Å². The van der Waals surface area contributed by atoms with Crippen LogP contribution in [-0.2, 0) is 9.59 Å². The maximum Gasteiger partial charge on any atom is 0.244 e. The second-order valence-corrected chi connectivity index (χ2v) is 2.48. The van der Waals surface area contributed by atoms with Crippen LogP contribution in [0.5, 0.6) is 0 Å². The Hall–Kier alpha value is -1.10. The van der Waals surface area contributed by atoms with Gasteiger partial charge in [0.05, 0.1) is 6.54 Å². The van der Waals surface area contributed by atoms with Gasteiger partial charge in [-0.2, -0.15) is 0 Å². The summed E-state index contributed by atoms with van der Waals surface area (Å²) >= 11 is 0. The van der Waals surface area contributed by atoms with Crippen molar-refractivity contribution in [2.75, 3.05) is 26.9 Å². The number of likely N-dealkylation sites (N-methyl/N-ethyl adjacent to an activating group) is 1. The SMILES string of the molecule is CN1CC(=O)N(CO)CC1=O.